The number of piperidine rings is 1. The molecule has 2 aliphatic rings. The van der Waals surface area contributed by atoms with Gasteiger partial charge in [-0.1, -0.05) is 17.7 Å². The predicted molar refractivity (Wildman–Crippen MR) is 112 cm³/mol. The maximum atomic E-state index is 13.1. The van der Waals surface area contributed by atoms with Crippen LogP contribution in [0.1, 0.15) is 34.2 Å². The van der Waals surface area contributed by atoms with Gasteiger partial charge in [-0.2, -0.15) is 13.2 Å². The van der Waals surface area contributed by atoms with E-state index < -0.39 is 11.7 Å². The molecule has 5 nitrogen and oxygen atoms in total. The fraction of sp³-hybridized carbons (Fsp3) is 0.304. The van der Waals surface area contributed by atoms with E-state index in [-0.39, 0.29) is 45.4 Å². The van der Waals surface area contributed by atoms with Gasteiger partial charge in [0.05, 0.1) is 10.6 Å². The van der Waals surface area contributed by atoms with Gasteiger partial charge >= 0.3 is 6.18 Å². The lowest BCUT2D eigenvalue weighted by molar-refractivity contribution is -0.137. The lowest BCUT2D eigenvalue weighted by atomic mass is 9.83. The van der Waals surface area contributed by atoms with Gasteiger partial charge in [0.25, 0.3) is 11.5 Å². The molecule has 1 aromatic carbocycles. The van der Waals surface area contributed by atoms with E-state index >= 15 is 0 Å². The highest BCUT2D eigenvalue weighted by Gasteiger charge is 2.37. The van der Waals surface area contributed by atoms with Crippen LogP contribution in [0, 0.1) is 5.92 Å². The zero-order valence-electron chi connectivity index (χ0n) is 16.7. The third-order valence-electron chi connectivity index (χ3n) is 6.14. The molecule has 9 heteroatoms. The van der Waals surface area contributed by atoms with Crippen LogP contribution in [0.2, 0.25) is 5.02 Å². The van der Waals surface area contributed by atoms with Crippen LogP contribution in [0.15, 0.2) is 57.7 Å². The first-order chi connectivity index (χ1) is 15.2. The van der Waals surface area contributed by atoms with Crippen LogP contribution < -0.4 is 5.56 Å². The second-order valence-corrected chi connectivity index (χ2v) is 8.67. The Labute approximate surface area is 186 Å². The number of aromatic nitrogens is 1. The minimum Gasteiger partial charge on any atom is -0.451 e. The van der Waals surface area contributed by atoms with Crippen LogP contribution in [0.3, 0.4) is 0 Å². The molecule has 2 atom stereocenters. The molecule has 1 saturated heterocycles. The fourth-order valence-electron chi connectivity index (χ4n) is 4.71. The molecule has 0 N–H and O–H groups in total. The molecule has 5 rings (SSSR count). The summed E-state index contributed by atoms with van der Waals surface area (Å²) in [5.74, 6) is 0.00331. The van der Waals surface area contributed by atoms with Crippen molar-refractivity contribution in [3.63, 3.8) is 0 Å². The molecule has 1 amide bonds. The molecule has 2 aliphatic heterocycles. The van der Waals surface area contributed by atoms with Crippen molar-refractivity contribution in [3.05, 3.63) is 80.9 Å². The van der Waals surface area contributed by atoms with Crippen molar-refractivity contribution in [2.24, 2.45) is 5.92 Å². The zero-order chi connectivity index (χ0) is 22.6. The molecule has 2 aromatic heterocycles. The van der Waals surface area contributed by atoms with Gasteiger partial charge in [-0.15, -0.1) is 0 Å². The van der Waals surface area contributed by atoms with Crippen LogP contribution in [0.4, 0.5) is 13.2 Å². The first-order valence-corrected chi connectivity index (χ1v) is 10.5. The maximum absolute atomic E-state index is 13.1. The highest BCUT2D eigenvalue weighted by molar-refractivity contribution is 6.33. The number of rotatable bonds is 2. The standard InChI is InChI=1S/C23H18ClF3N2O3/c24-17-5-4-15(23(25,26)27)9-16(17)19-6-7-20(32-19)22(31)28-10-13-8-14(12-28)18-2-1-3-21(30)29(18)11-13/h1-7,9,13-14H,8,10-12H2/t13-,14+/m1/s1. The number of hydrogen-bond acceptors (Lipinski definition) is 3. The highest BCUT2D eigenvalue weighted by atomic mass is 35.5. The summed E-state index contributed by atoms with van der Waals surface area (Å²) >= 11 is 6.09. The molecule has 0 spiro atoms. The molecule has 4 heterocycles. The van der Waals surface area contributed by atoms with E-state index in [1.165, 1.54) is 18.2 Å². The van der Waals surface area contributed by atoms with Crippen LogP contribution >= 0.6 is 11.6 Å². The summed E-state index contributed by atoms with van der Waals surface area (Å²) < 4.78 is 46.7. The fourth-order valence-corrected chi connectivity index (χ4v) is 4.92. The third kappa shape index (κ3) is 3.62. The van der Waals surface area contributed by atoms with Crippen LogP contribution in [-0.4, -0.2) is 28.5 Å². The topological polar surface area (TPSA) is 55.5 Å². The Morgan fingerprint density at radius 2 is 1.88 bits per heavy atom. The van der Waals surface area contributed by atoms with Crippen molar-refractivity contribution in [3.8, 4) is 11.3 Å². The Balaban J connectivity index is 1.40. The normalized spacial score (nSPS) is 20.2. The number of benzene rings is 1. The Kier molecular flexibility index (Phi) is 4.93. The van der Waals surface area contributed by atoms with E-state index in [4.69, 9.17) is 16.0 Å². The van der Waals surface area contributed by atoms with E-state index in [1.54, 1.807) is 15.5 Å². The van der Waals surface area contributed by atoms with Crippen molar-refractivity contribution in [1.29, 1.82) is 0 Å². The number of hydrogen-bond donors (Lipinski definition) is 0. The summed E-state index contributed by atoms with van der Waals surface area (Å²) in [7, 11) is 0. The molecular formula is C23H18ClF3N2O3. The summed E-state index contributed by atoms with van der Waals surface area (Å²) in [5, 5.41) is 0.0981. The summed E-state index contributed by atoms with van der Waals surface area (Å²) in [6, 6.07) is 11.1. The van der Waals surface area contributed by atoms with Gasteiger partial charge < -0.3 is 13.9 Å². The average Bonchev–Trinajstić information content (AvgIpc) is 3.23. The lowest BCUT2D eigenvalue weighted by Crippen LogP contribution is -2.49. The maximum Gasteiger partial charge on any atom is 0.416 e. The van der Waals surface area contributed by atoms with Gasteiger partial charge in [-0.3, -0.25) is 9.59 Å². The van der Waals surface area contributed by atoms with Gasteiger partial charge in [-0.05, 0) is 48.7 Å². The van der Waals surface area contributed by atoms with Gasteiger partial charge in [0, 0.05) is 42.9 Å². The zero-order valence-corrected chi connectivity index (χ0v) is 17.5. The summed E-state index contributed by atoms with van der Waals surface area (Å²) in [6.45, 7) is 1.48. The SMILES string of the molecule is O=C(c1ccc(-c2cc(C(F)(F)F)ccc2Cl)o1)N1C[C@H]2C[C@@H](C1)c1cccc(=O)n1C2. The molecule has 166 valence electrons. The van der Waals surface area contributed by atoms with Gasteiger partial charge in [-0.25, -0.2) is 0 Å². The number of alkyl halides is 3. The molecule has 0 aliphatic carbocycles. The monoisotopic (exact) mass is 462 g/mol. The number of fused-ring (bicyclic) bond motifs is 4. The average molecular weight is 463 g/mol. The minimum atomic E-state index is -4.52. The number of amides is 1. The molecule has 2 bridgehead atoms. The van der Waals surface area contributed by atoms with Crippen molar-refractivity contribution < 1.29 is 22.4 Å². The Morgan fingerprint density at radius 1 is 1.06 bits per heavy atom. The highest BCUT2D eigenvalue weighted by Crippen LogP contribution is 2.38. The third-order valence-corrected chi connectivity index (χ3v) is 6.47. The molecule has 1 fully saturated rings. The summed E-state index contributed by atoms with van der Waals surface area (Å²) in [6.07, 6.45) is -3.62. The van der Waals surface area contributed by atoms with Crippen LogP contribution in [0.25, 0.3) is 11.3 Å². The molecule has 0 radical (unpaired) electrons. The number of pyridine rings is 1. The van der Waals surface area contributed by atoms with E-state index in [0.29, 0.717) is 19.6 Å². The number of carbonyl (C=O) groups is 1. The number of furan rings is 1. The van der Waals surface area contributed by atoms with Gasteiger partial charge in [0.1, 0.15) is 5.76 Å². The summed E-state index contributed by atoms with van der Waals surface area (Å²) in [5.41, 5.74) is 0.107. The van der Waals surface area contributed by atoms with Crippen molar-refractivity contribution in [2.45, 2.75) is 25.1 Å². The van der Waals surface area contributed by atoms with Gasteiger partial charge in [0.2, 0.25) is 0 Å². The first kappa shape index (κ1) is 20.9. The number of carbonyl (C=O) groups excluding carboxylic acids is 1. The first-order valence-electron chi connectivity index (χ1n) is 10.2. The number of halogens is 4. The van der Waals surface area contributed by atoms with Gasteiger partial charge in [0.15, 0.2) is 5.76 Å². The van der Waals surface area contributed by atoms with Crippen molar-refractivity contribution in [2.75, 3.05) is 13.1 Å². The minimum absolute atomic E-state index is 0.0365. The molecule has 3 aromatic rings. The largest absolute Gasteiger partial charge is 0.451 e. The van der Waals surface area contributed by atoms with E-state index in [1.807, 2.05) is 6.07 Å². The Hall–Kier alpha value is -3.00. The number of nitrogens with zero attached hydrogens (tertiary/aromatic N) is 2. The van der Waals surface area contributed by atoms with Crippen LogP contribution in [0.5, 0.6) is 0 Å². The van der Waals surface area contributed by atoms with Crippen molar-refractivity contribution in [1.82, 2.24) is 9.47 Å². The second-order valence-electron chi connectivity index (χ2n) is 8.26. The Bertz CT molecular complexity index is 1260. The van der Waals surface area contributed by atoms with Crippen molar-refractivity contribution >= 4 is 17.5 Å². The molecular weight excluding hydrogens is 445 g/mol. The molecule has 0 unspecified atom stereocenters. The summed E-state index contributed by atoms with van der Waals surface area (Å²) in [4.78, 5) is 27.0. The lowest BCUT2D eigenvalue weighted by Gasteiger charge is -2.42. The smallest absolute Gasteiger partial charge is 0.416 e. The quantitative estimate of drug-likeness (QED) is 0.536. The van der Waals surface area contributed by atoms with E-state index in [0.717, 1.165) is 30.3 Å². The Morgan fingerprint density at radius 3 is 2.66 bits per heavy atom. The second kappa shape index (κ2) is 7.55. The number of likely N-dealkylation sites (tertiary alicyclic amines) is 1. The van der Waals surface area contributed by atoms with E-state index in [9.17, 15) is 22.8 Å². The predicted octanol–water partition coefficient (Wildman–Crippen LogP) is 5.04. The molecule has 32 heavy (non-hydrogen) atoms. The molecule has 0 saturated carbocycles. The van der Waals surface area contributed by atoms with E-state index in [2.05, 4.69) is 0 Å². The van der Waals surface area contributed by atoms with Crippen LogP contribution in [-0.2, 0) is 12.7 Å².